The molecule has 6 heteroatoms. The molecule has 0 fully saturated rings. The molecular weight excluding hydrogens is 268 g/mol. The molecule has 2 aromatic heterocycles. The van der Waals surface area contributed by atoms with E-state index in [0.717, 1.165) is 5.56 Å². The number of aryl methyl sites for hydroxylation is 2. The highest BCUT2D eigenvalue weighted by Gasteiger charge is 2.20. The van der Waals surface area contributed by atoms with Gasteiger partial charge in [-0.2, -0.15) is 5.10 Å². The number of hydrogen-bond donors (Lipinski definition) is 0. The summed E-state index contributed by atoms with van der Waals surface area (Å²) in [4.78, 5) is 26.0. The summed E-state index contributed by atoms with van der Waals surface area (Å²) in [6.45, 7) is 4.38. The van der Waals surface area contributed by atoms with Crippen molar-refractivity contribution < 1.29 is 4.79 Å². The van der Waals surface area contributed by atoms with E-state index >= 15 is 0 Å². The molecule has 0 radical (unpaired) electrons. The lowest BCUT2D eigenvalue weighted by molar-refractivity contribution is 0.0690. The van der Waals surface area contributed by atoms with E-state index in [0.29, 0.717) is 12.1 Å². The van der Waals surface area contributed by atoms with Gasteiger partial charge < -0.3 is 9.47 Å². The van der Waals surface area contributed by atoms with E-state index in [1.54, 1.807) is 35.1 Å². The Hall–Kier alpha value is -2.37. The highest BCUT2D eigenvalue weighted by molar-refractivity contribution is 5.94. The number of nitrogens with zero attached hydrogens (tertiary/aromatic N) is 4. The molecule has 0 aliphatic rings. The van der Waals surface area contributed by atoms with Gasteiger partial charge in [0, 0.05) is 56.3 Å². The van der Waals surface area contributed by atoms with Crippen LogP contribution in [0.25, 0.3) is 0 Å². The molecule has 6 nitrogen and oxygen atoms in total. The van der Waals surface area contributed by atoms with Crippen LogP contribution in [0.5, 0.6) is 0 Å². The predicted molar refractivity (Wildman–Crippen MR) is 79.9 cm³/mol. The summed E-state index contributed by atoms with van der Waals surface area (Å²) < 4.78 is 3.15. The van der Waals surface area contributed by atoms with Gasteiger partial charge in [-0.15, -0.1) is 0 Å². The highest BCUT2D eigenvalue weighted by atomic mass is 16.2. The van der Waals surface area contributed by atoms with E-state index in [-0.39, 0.29) is 17.5 Å². The smallest absolute Gasteiger partial charge is 0.254 e. The first kappa shape index (κ1) is 15.0. The third kappa shape index (κ3) is 3.39. The molecule has 2 aromatic rings. The van der Waals surface area contributed by atoms with Crippen molar-refractivity contribution in [3.63, 3.8) is 0 Å². The molecule has 0 spiro atoms. The summed E-state index contributed by atoms with van der Waals surface area (Å²) in [5.74, 6) is -0.147. The van der Waals surface area contributed by atoms with Gasteiger partial charge in [-0.05, 0) is 19.9 Å². The van der Waals surface area contributed by atoms with Gasteiger partial charge >= 0.3 is 0 Å². The number of aromatic nitrogens is 3. The van der Waals surface area contributed by atoms with E-state index < -0.39 is 0 Å². The molecule has 112 valence electrons. The average Bonchev–Trinajstić information content (AvgIpc) is 2.83. The van der Waals surface area contributed by atoms with Crippen molar-refractivity contribution in [2.24, 2.45) is 14.1 Å². The van der Waals surface area contributed by atoms with Crippen LogP contribution in [0.15, 0.2) is 35.5 Å². The van der Waals surface area contributed by atoms with Gasteiger partial charge in [0.05, 0.1) is 6.20 Å². The fraction of sp³-hybridized carbons (Fsp3) is 0.400. The number of carbonyl (C=O) groups is 1. The Balaban J connectivity index is 2.26. The molecule has 2 rings (SSSR count). The van der Waals surface area contributed by atoms with Gasteiger partial charge in [0.1, 0.15) is 0 Å². The standard InChI is InChI=1S/C15H20N4O2/c1-11(2)19(10-12-8-16-18(4)9-12)15(21)13-5-6-17(3)14(20)7-13/h5-9,11H,10H2,1-4H3. The number of rotatable bonds is 4. The maximum absolute atomic E-state index is 12.6. The van der Waals surface area contributed by atoms with E-state index in [4.69, 9.17) is 0 Å². The Kier molecular flexibility index (Phi) is 4.26. The Morgan fingerprint density at radius 2 is 2.10 bits per heavy atom. The summed E-state index contributed by atoms with van der Waals surface area (Å²) in [7, 11) is 3.50. The largest absolute Gasteiger partial charge is 0.332 e. The number of amides is 1. The lowest BCUT2D eigenvalue weighted by Crippen LogP contribution is -2.37. The van der Waals surface area contributed by atoms with Gasteiger partial charge in [0.15, 0.2) is 0 Å². The van der Waals surface area contributed by atoms with Gasteiger partial charge in [-0.25, -0.2) is 0 Å². The molecule has 2 heterocycles. The fourth-order valence-corrected chi connectivity index (χ4v) is 2.09. The fourth-order valence-electron chi connectivity index (χ4n) is 2.09. The van der Waals surface area contributed by atoms with Crippen molar-refractivity contribution in [2.75, 3.05) is 0 Å². The summed E-state index contributed by atoms with van der Waals surface area (Å²) in [5.41, 5.74) is 1.19. The second kappa shape index (κ2) is 5.95. The normalized spacial score (nSPS) is 10.9. The van der Waals surface area contributed by atoms with Crippen molar-refractivity contribution in [1.29, 1.82) is 0 Å². The van der Waals surface area contributed by atoms with Crippen LogP contribution in [0.3, 0.4) is 0 Å². The van der Waals surface area contributed by atoms with E-state index in [9.17, 15) is 9.59 Å². The molecule has 0 saturated heterocycles. The van der Waals surface area contributed by atoms with Gasteiger partial charge in [-0.1, -0.05) is 0 Å². The second-order valence-electron chi connectivity index (χ2n) is 5.41. The highest BCUT2D eigenvalue weighted by Crippen LogP contribution is 2.12. The minimum Gasteiger partial charge on any atom is -0.332 e. The van der Waals surface area contributed by atoms with Crippen LogP contribution in [-0.2, 0) is 20.6 Å². The predicted octanol–water partition coefficient (Wildman–Crippen LogP) is 1.17. The third-order valence-corrected chi connectivity index (χ3v) is 3.35. The van der Waals surface area contributed by atoms with Crippen LogP contribution >= 0.6 is 0 Å². The van der Waals surface area contributed by atoms with Crippen LogP contribution in [0.4, 0.5) is 0 Å². The number of carbonyl (C=O) groups excluding carboxylic acids is 1. The van der Waals surface area contributed by atoms with Crippen LogP contribution in [0, 0.1) is 0 Å². The van der Waals surface area contributed by atoms with Crippen molar-refractivity contribution in [3.05, 3.63) is 52.2 Å². The number of hydrogen-bond acceptors (Lipinski definition) is 3. The molecule has 0 aliphatic carbocycles. The lowest BCUT2D eigenvalue weighted by atomic mass is 10.2. The van der Waals surface area contributed by atoms with E-state index in [2.05, 4.69) is 5.10 Å². The monoisotopic (exact) mass is 288 g/mol. The zero-order valence-corrected chi connectivity index (χ0v) is 12.8. The van der Waals surface area contributed by atoms with Crippen molar-refractivity contribution >= 4 is 5.91 Å². The van der Waals surface area contributed by atoms with Crippen LogP contribution < -0.4 is 5.56 Å². The minimum absolute atomic E-state index is 0.0294. The van der Waals surface area contributed by atoms with Crippen molar-refractivity contribution in [2.45, 2.75) is 26.4 Å². The molecule has 0 saturated carbocycles. The third-order valence-electron chi connectivity index (χ3n) is 3.35. The molecule has 1 amide bonds. The quantitative estimate of drug-likeness (QED) is 0.848. The molecule has 21 heavy (non-hydrogen) atoms. The lowest BCUT2D eigenvalue weighted by Gasteiger charge is -2.26. The Morgan fingerprint density at radius 3 is 2.62 bits per heavy atom. The summed E-state index contributed by atoms with van der Waals surface area (Å²) in [6, 6.07) is 3.07. The van der Waals surface area contributed by atoms with Crippen molar-refractivity contribution in [3.8, 4) is 0 Å². The molecule has 0 aliphatic heterocycles. The first-order valence-corrected chi connectivity index (χ1v) is 6.83. The van der Waals surface area contributed by atoms with E-state index in [1.807, 2.05) is 27.1 Å². The summed E-state index contributed by atoms with van der Waals surface area (Å²) >= 11 is 0. The molecular formula is C15H20N4O2. The Bertz CT molecular complexity index is 700. The van der Waals surface area contributed by atoms with E-state index in [1.165, 1.54) is 10.6 Å². The van der Waals surface area contributed by atoms with Gasteiger partial charge in [-0.3, -0.25) is 14.3 Å². The number of pyridine rings is 1. The molecule has 0 atom stereocenters. The van der Waals surface area contributed by atoms with Crippen LogP contribution in [-0.4, -0.2) is 31.2 Å². The summed E-state index contributed by atoms with van der Waals surface area (Å²) in [5, 5.41) is 4.11. The Labute approximate surface area is 123 Å². The topological polar surface area (TPSA) is 60.1 Å². The Morgan fingerprint density at radius 1 is 1.38 bits per heavy atom. The molecule has 0 unspecified atom stereocenters. The second-order valence-corrected chi connectivity index (χ2v) is 5.41. The first-order valence-electron chi connectivity index (χ1n) is 6.83. The zero-order chi connectivity index (χ0) is 15.6. The maximum atomic E-state index is 12.6. The first-order chi connectivity index (χ1) is 9.88. The SMILES string of the molecule is CC(C)N(Cc1cnn(C)c1)C(=O)c1ccn(C)c(=O)c1. The molecule has 0 aromatic carbocycles. The molecule has 0 N–H and O–H groups in total. The minimum atomic E-state index is -0.189. The van der Waals surface area contributed by atoms with Gasteiger partial charge in [0.25, 0.3) is 11.5 Å². The van der Waals surface area contributed by atoms with Crippen LogP contribution in [0.2, 0.25) is 0 Å². The molecule has 0 bridgehead atoms. The summed E-state index contributed by atoms with van der Waals surface area (Å²) in [6.07, 6.45) is 5.23. The van der Waals surface area contributed by atoms with Crippen molar-refractivity contribution in [1.82, 2.24) is 19.2 Å². The zero-order valence-electron chi connectivity index (χ0n) is 12.8. The maximum Gasteiger partial charge on any atom is 0.254 e. The van der Waals surface area contributed by atoms with Gasteiger partial charge in [0.2, 0.25) is 0 Å². The van der Waals surface area contributed by atoms with Crippen LogP contribution in [0.1, 0.15) is 29.8 Å². The average molecular weight is 288 g/mol.